The Hall–Kier alpha value is -3.20. The van der Waals surface area contributed by atoms with Gasteiger partial charge in [0.05, 0.1) is 16.7 Å². The lowest BCUT2D eigenvalue weighted by Crippen LogP contribution is -2.40. The molecule has 1 amide bonds. The molecule has 1 N–H and O–H groups in total. The van der Waals surface area contributed by atoms with Gasteiger partial charge in [0.2, 0.25) is 0 Å². The zero-order valence-electron chi connectivity index (χ0n) is 19.6. The molecule has 1 aromatic heterocycles. The van der Waals surface area contributed by atoms with E-state index in [1.165, 1.54) is 6.07 Å². The van der Waals surface area contributed by atoms with Crippen LogP contribution in [0, 0.1) is 10.1 Å². The van der Waals surface area contributed by atoms with Gasteiger partial charge in [-0.2, -0.15) is 0 Å². The second kappa shape index (κ2) is 8.97. The highest BCUT2D eigenvalue weighted by molar-refractivity contribution is 5.95. The first-order valence-electron chi connectivity index (χ1n) is 11.3. The third kappa shape index (κ3) is 5.42. The first-order valence-corrected chi connectivity index (χ1v) is 11.3. The number of fused-ring (bicyclic) bond motifs is 1. The number of nitro benzene ring substituents is 1. The molecule has 33 heavy (non-hydrogen) atoms. The molecule has 0 aliphatic carbocycles. The number of nitrogens with one attached hydrogen (secondary N) is 1. The van der Waals surface area contributed by atoms with Crippen LogP contribution in [-0.4, -0.2) is 65.8 Å². The Bertz CT molecular complexity index is 1110. The number of amides is 1. The van der Waals surface area contributed by atoms with E-state index in [4.69, 9.17) is 9.72 Å². The third-order valence-corrected chi connectivity index (χ3v) is 5.96. The number of hydrogen-bond acceptors (Lipinski definition) is 7. The van der Waals surface area contributed by atoms with Crippen LogP contribution in [0.15, 0.2) is 30.3 Å². The first kappa shape index (κ1) is 23.0. The van der Waals surface area contributed by atoms with Gasteiger partial charge in [0.25, 0.3) is 5.69 Å². The number of non-ortho nitro benzene ring substituents is 1. The van der Waals surface area contributed by atoms with Crippen LogP contribution in [-0.2, 0) is 4.74 Å². The van der Waals surface area contributed by atoms with Crippen LogP contribution >= 0.6 is 0 Å². The maximum Gasteiger partial charge on any atom is 0.407 e. The molecular formula is C24H31N5O4. The van der Waals surface area contributed by atoms with Gasteiger partial charge < -0.3 is 19.9 Å². The number of carbonyl (C=O) groups is 1. The fourth-order valence-electron chi connectivity index (χ4n) is 4.29. The topological polar surface area (TPSA) is 101 Å². The lowest BCUT2D eigenvalue weighted by molar-refractivity contribution is -0.384. The number of carbonyl (C=O) groups excluding carboxylic acids is 1. The summed E-state index contributed by atoms with van der Waals surface area (Å²) < 4.78 is 5.39. The molecule has 0 unspecified atom stereocenters. The fourth-order valence-corrected chi connectivity index (χ4v) is 4.29. The zero-order chi connectivity index (χ0) is 23.8. The van der Waals surface area contributed by atoms with E-state index < -0.39 is 11.7 Å². The maximum atomic E-state index is 12.2. The Kier molecular flexibility index (Phi) is 6.25. The molecule has 0 radical (unpaired) electrons. The molecule has 9 heteroatoms. The van der Waals surface area contributed by atoms with E-state index in [9.17, 15) is 14.9 Å². The van der Waals surface area contributed by atoms with Crippen LogP contribution in [0.1, 0.15) is 39.3 Å². The second-order valence-electron chi connectivity index (χ2n) is 9.81. The highest BCUT2D eigenvalue weighted by Gasteiger charge is 2.28. The lowest BCUT2D eigenvalue weighted by atomic mass is 10.0. The summed E-state index contributed by atoms with van der Waals surface area (Å²) in [6.45, 7) is 8.64. The summed E-state index contributed by atoms with van der Waals surface area (Å²) in [4.78, 5) is 32.6. The van der Waals surface area contributed by atoms with Crippen LogP contribution in [0.4, 0.5) is 16.3 Å². The average molecular weight is 454 g/mol. The number of ether oxygens (including phenoxy) is 1. The Morgan fingerprint density at radius 1 is 1.27 bits per heavy atom. The van der Waals surface area contributed by atoms with Gasteiger partial charge in [-0.15, -0.1) is 0 Å². The van der Waals surface area contributed by atoms with Crippen molar-refractivity contribution in [2.45, 2.75) is 45.3 Å². The maximum absolute atomic E-state index is 12.2. The quantitative estimate of drug-likeness (QED) is 0.552. The van der Waals surface area contributed by atoms with Gasteiger partial charge in [0, 0.05) is 43.7 Å². The Morgan fingerprint density at radius 3 is 2.73 bits per heavy atom. The molecule has 0 saturated carbocycles. The minimum Gasteiger partial charge on any atom is -0.444 e. The number of hydrogen-bond donors (Lipinski definition) is 1. The molecule has 1 atom stereocenters. The van der Waals surface area contributed by atoms with Crippen LogP contribution < -0.4 is 10.2 Å². The Morgan fingerprint density at radius 2 is 2.06 bits per heavy atom. The minimum atomic E-state index is -0.551. The summed E-state index contributed by atoms with van der Waals surface area (Å²) in [5.41, 5.74) is 1.53. The lowest BCUT2D eigenvalue weighted by Gasteiger charge is -2.25. The molecule has 0 bridgehead atoms. The third-order valence-electron chi connectivity index (χ3n) is 5.96. The predicted octanol–water partition coefficient (Wildman–Crippen LogP) is 3.97. The zero-order valence-corrected chi connectivity index (χ0v) is 19.6. The average Bonchev–Trinajstić information content (AvgIpc) is 3.19. The van der Waals surface area contributed by atoms with Crippen molar-refractivity contribution in [2.75, 3.05) is 38.1 Å². The fraction of sp³-hybridized carbons (Fsp3) is 0.500. The van der Waals surface area contributed by atoms with Gasteiger partial charge >= 0.3 is 6.09 Å². The molecular weight excluding hydrogens is 422 g/mol. The van der Waals surface area contributed by atoms with Crippen molar-refractivity contribution in [1.82, 2.24) is 15.2 Å². The standard InChI is InChI=1S/C24H31N5O4/c1-24(2,3)33-23(30)25-18-9-12-28(15-18)22-20-6-5-19(29(31)32)13-17(20)14-21(26-22)16-7-10-27(4)11-8-16/h5-7,13-14,18H,8-12,15H2,1-4H3,(H,25,30)/t18-/m1/s1. The highest BCUT2D eigenvalue weighted by atomic mass is 16.6. The number of benzene rings is 1. The van der Waals surface area contributed by atoms with Gasteiger partial charge in [-0.3, -0.25) is 10.1 Å². The largest absolute Gasteiger partial charge is 0.444 e. The highest BCUT2D eigenvalue weighted by Crippen LogP contribution is 2.34. The molecule has 2 aliphatic rings. The summed E-state index contributed by atoms with van der Waals surface area (Å²) in [6.07, 6.45) is 3.41. The number of alkyl carbamates (subject to hydrolysis) is 1. The number of aromatic nitrogens is 1. The molecule has 1 aromatic carbocycles. The van der Waals surface area contributed by atoms with Crippen molar-refractivity contribution in [3.05, 3.63) is 46.1 Å². The summed E-state index contributed by atoms with van der Waals surface area (Å²) in [5, 5.41) is 16.0. The number of likely N-dealkylation sites (N-methyl/N-ethyl adjacent to an activating group) is 1. The van der Waals surface area contributed by atoms with Crippen LogP contribution in [0.2, 0.25) is 0 Å². The Balaban J connectivity index is 1.65. The summed E-state index contributed by atoms with van der Waals surface area (Å²) in [7, 11) is 2.08. The van der Waals surface area contributed by atoms with Gasteiger partial charge in [-0.05, 0) is 63.8 Å². The smallest absolute Gasteiger partial charge is 0.407 e. The number of pyridine rings is 1. The van der Waals surface area contributed by atoms with Crippen molar-refractivity contribution in [3.63, 3.8) is 0 Å². The van der Waals surface area contributed by atoms with Crippen molar-refractivity contribution < 1.29 is 14.5 Å². The molecule has 3 heterocycles. The number of nitrogens with zero attached hydrogens (tertiary/aromatic N) is 4. The van der Waals surface area contributed by atoms with E-state index in [-0.39, 0.29) is 16.7 Å². The second-order valence-corrected chi connectivity index (χ2v) is 9.81. The number of rotatable bonds is 4. The summed E-state index contributed by atoms with van der Waals surface area (Å²) >= 11 is 0. The van der Waals surface area contributed by atoms with Crippen molar-refractivity contribution in [2.24, 2.45) is 0 Å². The molecule has 9 nitrogen and oxygen atoms in total. The van der Waals surface area contributed by atoms with E-state index in [0.29, 0.717) is 6.54 Å². The summed E-state index contributed by atoms with van der Waals surface area (Å²) in [5.74, 6) is 0.797. The minimum absolute atomic E-state index is 0.0547. The van der Waals surface area contributed by atoms with E-state index in [1.807, 2.05) is 26.8 Å². The van der Waals surface area contributed by atoms with Crippen LogP contribution in [0.25, 0.3) is 16.3 Å². The molecule has 176 valence electrons. The molecule has 0 spiro atoms. The van der Waals surface area contributed by atoms with E-state index in [0.717, 1.165) is 60.3 Å². The molecule has 4 rings (SSSR count). The normalized spacial score (nSPS) is 19.5. The van der Waals surface area contributed by atoms with Gasteiger partial charge in [-0.1, -0.05) is 6.08 Å². The van der Waals surface area contributed by atoms with Crippen molar-refractivity contribution >= 4 is 33.9 Å². The van der Waals surface area contributed by atoms with Gasteiger partial charge in [0.15, 0.2) is 0 Å². The summed E-state index contributed by atoms with van der Waals surface area (Å²) in [6, 6.07) is 6.81. The van der Waals surface area contributed by atoms with E-state index in [2.05, 4.69) is 28.2 Å². The van der Waals surface area contributed by atoms with Gasteiger partial charge in [0.1, 0.15) is 11.4 Å². The molecule has 2 aromatic rings. The molecule has 2 aliphatic heterocycles. The monoisotopic (exact) mass is 453 g/mol. The van der Waals surface area contributed by atoms with Gasteiger partial charge in [-0.25, -0.2) is 9.78 Å². The molecule has 1 fully saturated rings. The number of anilines is 1. The van der Waals surface area contributed by atoms with Crippen molar-refractivity contribution in [1.29, 1.82) is 0 Å². The molecule has 1 saturated heterocycles. The van der Waals surface area contributed by atoms with Crippen LogP contribution in [0.3, 0.4) is 0 Å². The number of nitro groups is 1. The van der Waals surface area contributed by atoms with Crippen LogP contribution in [0.5, 0.6) is 0 Å². The van der Waals surface area contributed by atoms with E-state index in [1.54, 1.807) is 12.1 Å². The first-order chi connectivity index (χ1) is 15.6. The Labute approximate surface area is 193 Å². The predicted molar refractivity (Wildman–Crippen MR) is 128 cm³/mol. The SMILES string of the molecule is CN1CC=C(c2cc3cc([N+](=O)[O-])ccc3c(N3CC[C@@H](NC(=O)OC(C)(C)C)C3)n2)CC1. The van der Waals surface area contributed by atoms with E-state index >= 15 is 0 Å². The van der Waals surface area contributed by atoms with Crippen molar-refractivity contribution in [3.8, 4) is 0 Å².